The molecule has 53 heavy (non-hydrogen) atoms. The van der Waals surface area contributed by atoms with E-state index in [-0.39, 0.29) is 36.1 Å². The van der Waals surface area contributed by atoms with Crippen molar-refractivity contribution in [3.63, 3.8) is 0 Å². The number of carbonyl (C=O) groups excluding carboxylic acids is 2. The molecule has 0 unspecified atom stereocenters. The van der Waals surface area contributed by atoms with Crippen molar-refractivity contribution >= 4 is 17.5 Å². The molecule has 0 aromatic heterocycles. The van der Waals surface area contributed by atoms with Crippen molar-refractivity contribution in [2.75, 3.05) is 39.2 Å². The molecule has 0 fully saturated rings. The number of amides is 2. The van der Waals surface area contributed by atoms with Crippen LogP contribution in [0, 0.1) is 5.92 Å². The summed E-state index contributed by atoms with van der Waals surface area (Å²) in [6.07, 6.45) is -10.9. The zero-order chi connectivity index (χ0) is 38.9. The van der Waals surface area contributed by atoms with Gasteiger partial charge in [0, 0.05) is 19.0 Å². The number of rotatable bonds is 9. The van der Waals surface area contributed by atoms with Gasteiger partial charge in [0.25, 0.3) is 5.91 Å². The first-order chi connectivity index (χ1) is 25.0. The number of fused-ring (bicyclic) bond motifs is 1. The topological polar surface area (TPSA) is 91.3 Å². The van der Waals surface area contributed by atoms with E-state index in [1.54, 1.807) is 6.92 Å². The molecule has 0 radical (unpaired) electrons. The Morgan fingerprint density at radius 1 is 0.943 bits per heavy atom. The van der Waals surface area contributed by atoms with E-state index in [9.17, 15) is 41.0 Å². The largest absolute Gasteiger partial charge is 0.490 e. The fraction of sp³-hybridized carbons (Fsp3) is 0.333. The Labute approximate surface area is 303 Å². The molecule has 1 heterocycles. The molecular weight excluding hydrogens is 704 g/mol. The van der Waals surface area contributed by atoms with Crippen LogP contribution in [0.4, 0.5) is 32.0 Å². The summed E-state index contributed by atoms with van der Waals surface area (Å²) >= 11 is 0. The summed E-state index contributed by atoms with van der Waals surface area (Å²) in [6, 6.07) is 22.6. The lowest BCUT2D eigenvalue weighted by atomic mass is 10.00. The van der Waals surface area contributed by atoms with Gasteiger partial charge in [-0.15, -0.1) is 0 Å². The highest BCUT2D eigenvalue weighted by Gasteiger charge is 2.37. The molecule has 14 heteroatoms. The average Bonchev–Trinajstić information content (AvgIpc) is 3.09. The van der Waals surface area contributed by atoms with Crippen LogP contribution in [0.1, 0.15) is 46.5 Å². The molecule has 0 aliphatic carbocycles. The summed E-state index contributed by atoms with van der Waals surface area (Å²) in [6.45, 7) is 4.56. The van der Waals surface area contributed by atoms with Gasteiger partial charge >= 0.3 is 12.4 Å². The summed E-state index contributed by atoms with van der Waals surface area (Å²) in [5.74, 6) is 0.0647. The Hall–Kier alpha value is -5.08. The van der Waals surface area contributed by atoms with Crippen molar-refractivity contribution < 1.29 is 50.5 Å². The molecule has 0 saturated heterocycles. The van der Waals surface area contributed by atoms with E-state index in [4.69, 9.17) is 9.47 Å². The molecule has 1 aliphatic heterocycles. The Morgan fingerprint density at radius 2 is 1.60 bits per heavy atom. The first-order valence-electron chi connectivity index (χ1n) is 16.7. The third-order valence-corrected chi connectivity index (χ3v) is 8.09. The van der Waals surface area contributed by atoms with Gasteiger partial charge in [0.05, 0.1) is 48.1 Å². The SMILES string of the molecule is CN(C)Cc1ccc(Oc2ccccc2)cc1.C[C@H]1COc2c(NC(=O)Cc3cc(C(F)(F)F)ccc3C(F)(F)F)cccc2C(=O)N([C@@H](C)CO)C1. The zero-order valence-electron chi connectivity index (χ0n) is 29.6. The van der Waals surface area contributed by atoms with Crippen molar-refractivity contribution in [2.24, 2.45) is 5.92 Å². The van der Waals surface area contributed by atoms with Crippen molar-refractivity contribution in [1.29, 1.82) is 0 Å². The van der Waals surface area contributed by atoms with E-state index < -0.39 is 53.3 Å². The molecule has 5 rings (SSSR count). The second-order valence-electron chi connectivity index (χ2n) is 13.0. The molecule has 2 atom stereocenters. The lowest BCUT2D eigenvalue weighted by Crippen LogP contribution is -2.45. The molecule has 4 aromatic carbocycles. The van der Waals surface area contributed by atoms with Crippen LogP contribution < -0.4 is 14.8 Å². The normalized spacial score (nSPS) is 15.3. The number of alkyl halides is 6. The van der Waals surface area contributed by atoms with Crippen molar-refractivity contribution in [1.82, 2.24) is 9.80 Å². The van der Waals surface area contributed by atoms with E-state index in [1.807, 2.05) is 49.4 Å². The van der Waals surface area contributed by atoms with E-state index in [0.717, 1.165) is 18.0 Å². The Bertz CT molecular complexity index is 1830. The minimum absolute atomic E-state index is 0.0161. The smallest absolute Gasteiger partial charge is 0.416 e. The Morgan fingerprint density at radius 3 is 2.21 bits per heavy atom. The van der Waals surface area contributed by atoms with Gasteiger partial charge in [0.2, 0.25) is 5.91 Å². The van der Waals surface area contributed by atoms with Crippen LogP contribution in [-0.4, -0.2) is 66.6 Å². The van der Waals surface area contributed by atoms with Gasteiger partial charge in [0.1, 0.15) is 11.5 Å². The van der Waals surface area contributed by atoms with Gasteiger partial charge in [-0.3, -0.25) is 9.59 Å². The number of aliphatic hydroxyl groups excluding tert-OH is 1. The van der Waals surface area contributed by atoms with Gasteiger partial charge in [-0.25, -0.2) is 0 Å². The Kier molecular flexibility index (Phi) is 13.5. The first-order valence-corrected chi connectivity index (χ1v) is 16.7. The summed E-state index contributed by atoms with van der Waals surface area (Å²) in [7, 11) is 4.13. The van der Waals surface area contributed by atoms with Gasteiger partial charge in [-0.2, -0.15) is 26.3 Å². The molecule has 0 bridgehead atoms. The van der Waals surface area contributed by atoms with Crippen LogP contribution in [0.2, 0.25) is 0 Å². The van der Waals surface area contributed by atoms with Crippen LogP contribution in [0.25, 0.3) is 0 Å². The third-order valence-electron chi connectivity index (χ3n) is 8.09. The number of halogens is 6. The van der Waals surface area contributed by atoms with E-state index in [1.165, 1.54) is 28.7 Å². The van der Waals surface area contributed by atoms with Crippen LogP contribution in [0.15, 0.2) is 91.0 Å². The maximum absolute atomic E-state index is 13.4. The lowest BCUT2D eigenvalue weighted by molar-refractivity contribution is -0.142. The molecular formula is C39H41F6N3O5. The molecule has 0 saturated carbocycles. The Balaban J connectivity index is 0.000000306. The summed E-state index contributed by atoms with van der Waals surface area (Å²) in [4.78, 5) is 29.4. The number of hydrogen-bond donors (Lipinski definition) is 2. The quantitative estimate of drug-likeness (QED) is 0.168. The van der Waals surface area contributed by atoms with Crippen LogP contribution in [0.5, 0.6) is 17.2 Å². The lowest BCUT2D eigenvalue weighted by Gasteiger charge is -2.33. The number of anilines is 1. The fourth-order valence-electron chi connectivity index (χ4n) is 5.50. The van der Waals surface area contributed by atoms with Crippen molar-refractivity contribution in [3.05, 3.63) is 119 Å². The molecule has 4 aromatic rings. The third kappa shape index (κ3) is 11.5. The van der Waals surface area contributed by atoms with E-state index >= 15 is 0 Å². The summed E-state index contributed by atoms with van der Waals surface area (Å²) in [5, 5.41) is 11.9. The number of para-hydroxylation sites is 2. The van der Waals surface area contributed by atoms with Crippen molar-refractivity contribution in [3.8, 4) is 17.2 Å². The van der Waals surface area contributed by atoms with E-state index in [0.29, 0.717) is 24.7 Å². The predicted octanol–water partition coefficient (Wildman–Crippen LogP) is 8.30. The standard InChI is InChI=1S/C24H24F6N2O4.C15H17NO/c1-13-10-32(14(2)11-33)22(35)17-4-3-5-19(21(17)36-12-13)31-20(34)9-15-8-16(23(25,26)27)6-7-18(15)24(28,29)30;1-16(2)12-13-8-10-15(11-9-13)17-14-6-4-3-5-7-14/h3-8,13-14,33H,9-12H2,1-2H3,(H,31,34);3-11H,12H2,1-2H3/t13-,14+;/m1./s1. The van der Waals surface area contributed by atoms with Gasteiger partial charge in [-0.1, -0.05) is 43.3 Å². The second kappa shape index (κ2) is 17.6. The van der Waals surface area contributed by atoms with Crippen LogP contribution in [0.3, 0.4) is 0 Å². The monoisotopic (exact) mass is 745 g/mol. The highest BCUT2D eigenvalue weighted by Crippen LogP contribution is 2.38. The molecule has 2 N–H and O–H groups in total. The number of hydrogen-bond acceptors (Lipinski definition) is 6. The maximum atomic E-state index is 13.4. The maximum Gasteiger partial charge on any atom is 0.416 e. The van der Waals surface area contributed by atoms with Crippen LogP contribution >= 0.6 is 0 Å². The number of aliphatic hydroxyl groups is 1. The molecule has 0 spiro atoms. The summed E-state index contributed by atoms with van der Waals surface area (Å²) < 4.78 is 90.8. The summed E-state index contributed by atoms with van der Waals surface area (Å²) in [5.41, 5.74) is -2.18. The zero-order valence-corrected chi connectivity index (χ0v) is 29.6. The average molecular weight is 746 g/mol. The first kappa shape index (κ1) is 40.7. The molecule has 8 nitrogen and oxygen atoms in total. The fourth-order valence-corrected chi connectivity index (χ4v) is 5.50. The van der Waals surface area contributed by atoms with E-state index in [2.05, 4.69) is 36.4 Å². The van der Waals surface area contributed by atoms with Crippen LogP contribution in [-0.2, 0) is 30.1 Å². The molecule has 2 amide bonds. The second-order valence-corrected chi connectivity index (χ2v) is 13.0. The number of ether oxygens (including phenoxy) is 2. The highest BCUT2D eigenvalue weighted by atomic mass is 19.4. The highest BCUT2D eigenvalue weighted by molar-refractivity contribution is 6.02. The predicted molar refractivity (Wildman–Crippen MR) is 188 cm³/mol. The number of carbonyl (C=O) groups is 2. The number of nitrogens with zero attached hydrogens (tertiary/aromatic N) is 2. The van der Waals surface area contributed by atoms with Gasteiger partial charge in [0.15, 0.2) is 5.75 Å². The van der Waals surface area contributed by atoms with Crippen molar-refractivity contribution in [2.45, 2.75) is 45.2 Å². The molecule has 1 aliphatic rings. The number of nitrogens with one attached hydrogen (secondary N) is 1. The van der Waals surface area contributed by atoms with Gasteiger partial charge in [-0.05, 0) is 86.7 Å². The molecule has 284 valence electrons. The minimum atomic E-state index is -4.97. The van der Waals surface area contributed by atoms with Gasteiger partial charge < -0.3 is 29.7 Å². The minimum Gasteiger partial charge on any atom is -0.490 e. The number of benzene rings is 4.